The number of hydrogen-bond donors (Lipinski definition) is 0. The Hall–Kier alpha value is -4.53. The van der Waals surface area contributed by atoms with E-state index in [9.17, 15) is 0 Å². The van der Waals surface area contributed by atoms with Crippen molar-refractivity contribution in [1.29, 1.82) is 0 Å². The molecule has 8 rings (SSSR count). The number of aryl methyl sites for hydroxylation is 2. The van der Waals surface area contributed by atoms with Gasteiger partial charge in [0.25, 0.3) is 0 Å². The molecule has 39 heavy (non-hydrogen) atoms. The molecule has 184 valence electrons. The van der Waals surface area contributed by atoms with Crippen LogP contribution in [-0.2, 0) is 0 Å². The van der Waals surface area contributed by atoms with Crippen molar-refractivity contribution in [2.75, 3.05) is 0 Å². The highest BCUT2D eigenvalue weighted by Crippen LogP contribution is 2.41. The molecule has 0 unspecified atom stereocenters. The van der Waals surface area contributed by atoms with Gasteiger partial charge in [0.05, 0.1) is 11.2 Å². The molecule has 0 aliphatic heterocycles. The molecule has 0 saturated carbocycles. The van der Waals surface area contributed by atoms with Gasteiger partial charge in [0.15, 0.2) is 0 Å². The SMILES string of the molecule is Cc1ccc2c(c1)c1ccc(-c3cccc(-c4cccc5c4sc4ccccc45)c3)nc1c1cc(C)ccc21. The van der Waals surface area contributed by atoms with Crippen LogP contribution in [0, 0.1) is 13.8 Å². The first kappa shape index (κ1) is 22.5. The Morgan fingerprint density at radius 1 is 0.487 bits per heavy atom. The Morgan fingerprint density at radius 3 is 2.05 bits per heavy atom. The molecule has 2 heterocycles. The predicted molar refractivity (Wildman–Crippen MR) is 170 cm³/mol. The van der Waals surface area contributed by atoms with Gasteiger partial charge in [0, 0.05) is 36.5 Å². The van der Waals surface area contributed by atoms with Gasteiger partial charge in [-0.3, -0.25) is 0 Å². The summed E-state index contributed by atoms with van der Waals surface area (Å²) < 4.78 is 2.67. The highest BCUT2D eigenvalue weighted by molar-refractivity contribution is 7.26. The maximum absolute atomic E-state index is 5.33. The first-order valence-corrected chi connectivity index (χ1v) is 14.2. The highest BCUT2D eigenvalue weighted by Gasteiger charge is 2.14. The van der Waals surface area contributed by atoms with Crippen LogP contribution in [0.2, 0.25) is 0 Å². The third kappa shape index (κ3) is 3.49. The molecule has 6 aromatic carbocycles. The van der Waals surface area contributed by atoms with Crippen molar-refractivity contribution in [3.8, 4) is 22.4 Å². The number of rotatable bonds is 2. The minimum Gasteiger partial charge on any atom is -0.247 e. The van der Waals surface area contributed by atoms with Crippen molar-refractivity contribution in [3.63, 3.8) is 0 Å². The second-order valence-corrected chi connectivity index (χ2v) is 11.6. The average molecular weight is 516 g/mol. The Bertz CT molecular complexity index is 2250. The lowest BCUT2D eigenvalue weighted by Crippen LogP contribution is -1.91. The zero-order chi connectivity index (χ0) is 26.1. The van der Waals surface area contributed by atoms with Gasteiger partial charge in [0.1, 0.15) is 0 Å². The summed E-state index contributed by atoms with van der Waals surface area (Å²) in [7, 11) is 0. The van der Waals surface area contributed by atoms with Gasteiger partial charge in [0.2, 0.25) is 0 Å². The normalized spacial score (nSPS) is 11.8. The maximum atomic E-state index is 5.33. The lowest BCUT2D eigenvalue weighted by Gasteiger charge is -2.13. The van der Waals surface area contributed by atoms with Crippen LogP contribution in [0.5, 0.6) is 0 Å². The smallest absolute Gasteiger partial charge is 0.0794 e. The highest BCUT2D eigenvalue weighted by atomic mass is 32.1. The summed E-state index contributed by atoms with van der Waals surface area (Å²) in [5, 5.41) is 8.90. The van der Waals surface area contributed by atoms with Crippen LogP contribution in [0.15, 0.2) is 115 Å². The molecule has 0 atom stereocenters. The zero-order valence-electron chi connectivity index (χ0n) is 21.8. The molecule has 0 aliphatic carbocycles. The summed E-state index contributed by atoms with van der Waals surface area (Å²) in [5.41, 5.74) is 8.23. The van der Waals surface area contributed by atoms with Gasteiger partial charge in [-0.2, -0.15) is 0 Å². The number of hydrogen-bond acceptors (Lipinski definition) is 2. The van der Waals surface area contributed by atoms with Gasteiger partial charge in [-0.1, -0.05) is 96.1 Å². The van der Waals surface area contributed by atoms with E-state index in [1.165, 1.54) is 69.4 Å². The third-order valence-electron chi connectivity index (χ3n) is 7.95. The number of pyridine rings is 1. The van der Waals surface area contributed by atoms with E-state index in [1.807, 2.05) is 11.3 Å². The minimum absolute atomic E-state index is 1.00. The summed E-state index contributed by atoms with van der Waals surface area (Å²) in [4.78, 5) is 5.33. The predicted octanol–water partition coefficient (Wildman–Crippen LogP) is 10.9. The summed E-state index contributed by atoms with van der Waals surface area (Å²) >= 11 is 1.88. The number of thiophene rings is 1. The number of benzene rings is 6. The van der Waals surface area contributed by atoms with E-state index in [2.05, 4.69) is 129 Å². The molecule has 0 amide bonds. The van der Waals surface area contributed by atoms with Crippen LogP contribution in [0.3, 0.4) is 0 Å². The van der Waals surface area contributed by atoms with Crippen molar-refractivity contribution >= 4 is 64.0 Å². The van der Waals surface area contributed by atoms with Crippen LogP contribution >= 0.6 is 11.3 Å². The Morgan fingerprint density at radius 2 is 1.18 bits per heavy atom. The molecule has 0 bridgehead atoms. The fourth-order valence-corrected chi connectivity index (χ4v) is 7.31. The van der Waals surface area contributed by atoms with Gasteiger partial charge < -0.3 is 0 Å². The summed E-state index contributed by atoms with van der Waals surface area (Å²) in [5.74, 6) is 0. The molecule has 2 aromatic heterocycles. The molecule has 0 spiro atoms. The monoisotopic (exact) mass is 515 g/mol. The molecule has 0 radical (unpaired) electrons. The van der Waals surface area contributed by atoms with Crippen molar-refractivity contribution in [2.24, 2.45) is 0 Å². The first-order valence-electron chi connectivity index (χ1n) is 13.4. The molecule has 1 nitrogen and oxygen atoms in total. The first-order chi connectivity index (χ1) is 19.1. The van der Waals surface area contributed by atoms with E-state index in [4.69, 9.17) is 4.98 Å². The second kappa shape index (κ2) is 8.49. The zero-order valence-corrected chi connectivity index (χ0v) is 22.6. The standard InChI is InChI=1S/C37H25NS/c1-22-13-15-27-28-16-14-23(2)20-33(28)36-30(32(27)19-22)17-18-34(38-36)25-8-5-7-24(21-25)26-10-6-11-31-29-9-3-4-12-35(29)39-37(26)31/h3-21H,1-2H3. The number of aromatic nitrogens is 1. The van der Waals surface area contributed by atoms with Crippen LogP contribution in [0.25, 0.3) is 75.0 Å². The van der Waals surface area contributed by atoms with E-state index >= 15 is 0 Å². The van der Waals surface area contributed by atoms with Crippen LogP contribution in [0.4, 0.5) is 0 Å². The fraction of sp³-hybridized carbons (Fsp3) is 0.0541. The Labute approximate surface area is 231 Å². The van der Waals surface area contributed by atoms with Crippen molar-refractivity contribution < 1.29 is 0 Å². The third-order valence-corrected chi connectivity index (χ3v) is 9.17. The van der Waals surface area contributed by atoms with E-state index in [0.29, 0.717) is 0 Å². The van der Waals surface area contributed by atoms with E-state index < -0.39 is 0 Å². The van der Waals surface area contributed by atoms with Gasteiger partial charge in [-0.05, 0) is 71.5 Å². The molecule has 0 aliphatic rings. The second-order valence-electron chi connectivity index (χ2n) is 10.6. The van der Waals surface area contributed by atoms with Crippen LogP contribution in [0.1, 0.15) is 11.1 Å². The fourth-order valence-electron chi connectivity index (χ4n) is 6.07. The molecule has 0 fully saturated rings. The number of fused-ring (bicyclic) bond motifs is 9. The Kier molecular flexibility index (Phi) is 4.89. The Balaban J connectivity index is 1.35. The van der Waals surface area contributed by atoms with E-state index in [-0.39, 0.29) is 0 Å². The van der Waals surface area contributed by atoms with E-state index in [0.717, 1.165) is 16.8 Å². The molecular weight excluding hydrogens is 490 g/mol. The van der Waals surface area contributed by atoms with Crippen LogP contribution < -0.4 is 0 Å². The van der Waals surface area contributed by atoms with Gasteiger partial charge in [-0.25, -0.2) is 4.98 Å². The van der Waals surface area contributed by atoms with Crippen molar-refractivity contribution in [3.05, 3.63) is 126 Å². The lowest BCUT2D eigenvalue weighted by molar-refractivity contribution is 1.41. The van der Waals surface area contributed by atoms with Gasteiger partial charge >= 0.3 is 0 Å². The van der Waals surface area contributed by atoms with E-state index in [1.54, 1.807) is 0 Å². The largest absolute Gasteiger partial charge is 0.247 e. The topological polar surface area (TPSA) is 12.9 Å². The lowest BCUT2D eigenvalue weighted by atomic mass is 9.94. The maximum Gasteiger partial charge on any atom is 0.0794 e. The van der Waals surface area contributed by atoms with Crippen LogP contribution in [-0.4, -0.2) is 4.98 Å². The van der Waals surface area contributed by atoms with Crippen molar-refractivity contribution in [1.82, 2.24) is 4.98 Å². The molecular formula is C37H25NS. The summed E-state index contributed by atoms with van der Waals surface area (Å²) in [6.07, 6.45) is 0. The summed E-state index contributed by atoms with van der Waals surface area (Å²) in [6, 6.07) is 42.2. The summed E-state index contributed by atoms with van der Waals surface area (Å²) in [6.45, 7) is 4.32. The average Bonchev–Trinajstić information content (AvgIpc) is 3.36. The molecule has 8 aromatic rings. The molecule has 0 saturated heterocycles. The number of nitrogens with zero attached hydrogens (tertiary/aromatic N) is 1. The quantitative estimate of drug-likeness (QED) is 0.209. The van der Waals surface area contributed by atoms with Crippen molar-refractivity contribution in [2.45, 2.75) is 13.8 Å². The molecule has 0 N–H and O–H groups in total. The van der Waals surface area contributed by atoms with Gasteiger partial charge in [-0.15, -0.1) is 11.3 Å². The molecule has 2 heteroatoms. The minimum atomic E-state index is 1.00.